The van der Waals surface area contributed by atoms with Crippen molar-refractivity contribution < 1.29 is 4.92 Å². The molecule has 0 heterocycles. The quantitative estimate of drug-likeness (QED) is 0.577. The van der Waals surface area contributed by atoms with Crippen molar-refractivity contribution in [1.82, 2.24) is 0 Å². The summed E-state index contributed by atoms with van der Waals surface area (Å²) >= 11 is 0. The first-order valence-corrected chi connectivity index (χ1v) is 5.40. The van der Waals surface area contributed by atoms with E-state index in [-0.39, 0.29) is 10.6 Å². The van der Waals surface area contributed by atoms with Crippen LogP contribution in [0.1, 0.15) is 11.1 Å². The summed E-state index contributed by atoms with van der Waals surface area (Å²) in [7, 11) is 0. The molecule has 0 saturated carbocycles. The molecule has 0 saturated heterocycles. The number of benzene rings is 2. The lowest BCUT2D eigenvalue weighted by Crippen LogP contribution is -1.88. The van der Waals surface area contributed by atoms with Crippen molar-refractivity contribution in [2.45, 2.75) is 13.8 Å². The second-order valence-electron chi connectivity index (χ2n) is 4.12. The van der Waals surface area contributed by atoms with E-state index in [0.717, 1.165) is 11.1 Å². The van der Waals surface area contributed by atoms with Crippen LogP contribution in [0.25, 0.3) is 11.1 Å². The van der Waals surface area contributed by atoms with Gasteiger partial charge < -0.3 is 0 Å². The fourth-order valence-electron chi connectivity index (χ4n) is 1.81. The van der Waals surface area contributed by atoms with Gasteiger partial charge in [0.1, 0.15) is 0 Å². The van der Waals surface area contributed by atoms with Crippen molar-refractivity contribution in [3.63, 3.8) is 0 Å². The van der Waals surface area contributed by atoms with E-state index in [4.69, 9.17) is 0 Å². The Hall–Kier alpha value is -2.16. The third-order valence-corrected chi connectivity index (χ3v) is 2.78. The van der Waals surface area contributed by atoms with Crippen LogP contribution < -0.4 is 0 Å². The minimum atomic E-state index is -0.382. The normalized spacial score (nSPS) is 10.2. The Kier molecular flexibility index (Phi) is 2.91. The van der Waals surface area contributed by atoms with Gasteiger partial charge in [-0.05, 0) is 42.7 Å². The molecule has 0 aromatic heterocycles. The van der Waals surface area contributed by atoms with Crippen molar-refractivity contribution >= 4 is 5.69 Å². The van der Waals surface area contributed by atoms with Crippen molar-refractivity contribution in [1.29, 1.82) is 0 Å². The van der Waals surface area contributed by atoms with Crippen LogP contribution in [0.3, 0.4) is 0 Å². The number of nitro benzene ring substituents is 1. The number of hydrogen-bond donors (Lipinski definition) is 0. The monoisotopic (exact) mass is 227 g/mol. The smallest absolute Gasteiger partial charge is 0.258 e. The zero-order chi connectivity index (χ0) is 12.4. The number of aryl methyl sites for hydroxylation is 2. The summed E-state index contributed by atoms with van der Waals surface area (Å²) in [5.41, 5.74) is 4.61. The second-order valence-corrected chi connectivity index (χ2v) is 4.12. The Labute approximate surface area is 99.9 Å². The lowest BCUT2D eigenvalue weighted by molar-refractivity contribution is -0.384. The van der Waals surface area contributed by atoms with E-state index >= 15 is 0 Å². The average molecular weight is 227 g/mol. The lowest BCUT2D eigenvalue weighted by Gasteiger charge is -2.07. The lowest BCUT2D eigenvalue weighted by atomic mass is 9.98. The van der Waals surface area contributed by atoms with Crippen LogP contribution in [-0.4, -0.2) is 4.92 Å². The van der Waals surface area contributed by atoms with Crippen LogP contribution in [0.15, 0.2) is 42.5 Å². The molecule has 0 radical (unpaired) electrons. The van der Waals surface area contributed by atoms with Crippen LogP contribution in [-0.2, 0) is 0 Å². The molecule has 0 bridgehead atoms. The topological polar surface area (TPSA) is 43.1 Å². The van der Waals surface area contributed by atoms with E-state index in [1.807, 2.05) is 13.8 Å². The fourth-order valence-corrected chi connectivity index (χ4v) is 1.81. The zero-order valence-electron chi connectivity index (χ0n) is 9.81. The van der Waals surface area contributed by atoms with Gasteiger partial charge in [0.25, 0.3) is 5.69 Å². The molecule has 86 valence electrons. The number of nitrogens with zero attached hydrogens (tertiary/aromatic N) is 1. The molecule has 0 amide bonds. The highest BCUT2D eigenvalue weighted by Gasteiger charge is 2.06. The van der Waals surface area contributed by atoms with E-state index in [2.05, 4.69) is 18.2 Å². The summed E-state index contributed by atoms with van der Waals surface area (Å²) < 4.78 is 0. The SMILES string of the molecule is Cc1ccc(C)c(-c2ccc([N+](=O)[O-])cc2)c1. The van der Waals surface area contributed by atoms with Crippen molar-refractivity contribution in [2.75, 3.05) is 0 Å². The highest BCUT2D eigenvalue weighted by molar-refractivity contribution is 5.68. The molecule has 17 heavy (non-hydrogen) atoms. The molecular formula is C14H13NO2. The fraction of sp³-hybridized carbons (Fsp3) is 0.143. The predicted molar refractivity (Wildman–Crippen MR) is 68.0 cm³/mol. The number of rotatable bonds is 2. The summed E-state index contributed by atoms with van der Waals surface area (Å²) in [6, 6.07) is 12.9. The first-order valence-electron chi connectivity index (χ1n) is 5.40. The van der Waals surface area contributed by atoms with Gasteiger partial charge in [0.05, 0.1) is 4.92 Å². The van der Waals surface area contributed by atoms with Crippen LogP contribution in [0.4, 0.5) is 5.69 Å². The molecule has 0 spiro atoms. The molecule has 0 atom stereocenters. The number of nitro groups is 1. The van der Waals surface area contributed by atoms with Crippen LogP contribution in [0.5, 0.6) is 0 Å². The Morgan fingerprint density at radius 3 is 2.24 bits per heavy atom. The van der Waals surface area contributed by atoms with E-state index in [0.29, 0.717) is 0 Å². The van der Waals surface area contributed by atoms with Gasteiger partial charge in [-0.15, -0.1) is 0 Å². The molecule has 3 heteroatoms. The van der Waals surface area contributed by atoms with Gasteiger partial charge in [-0.3, -0.25) is 10.1 Å². The molecule has 0 aliphatic heterocycles. The molecular weight excluding hydrogens is 214 g/mol. The van der Waals surface area contributed by atoms with E-state index in [9.17, 15) is 10.1 Å². The van der Waals surface area contributed by atoms with E-state index in [1.54, 1.807) is 12.1 Å². The van der Waals surface area contributed by atoms with Crippen molar-refractivity contribution in [2.24, 2.45) is 0 Å². The van der Waals surface area contributed by atoms with Gasteiger partial charge >= 0.3 is 0 Å². The molecule has 0 N–H and O–H groups in total. The van der Waals surface area contributed by atoms with Gasteiger partial charge in [0.2, 0.25) is 0 Å². The Balaban J connectivity index is 2.46. The van der Waals surface area contributed by atoms with Gasteiger partial charge in [-0.2, -0.15) is 0 Å². The minimum absolute atomic E-state index is 0.124. The number of non-ortho nitro benzene ring substituents is 1. The van der Waals surface area contributed by atoms with E-state index < -0.39 is 0 Å². The highest BCUT2D eigenvalue weighted by Crippen LogP contribution is 2.26. The molecule has 3 nitrogen and oxygen atoms in total. The first kappa shape index (κ1) is 11.3. The molecule has 2 rings (SSSR count). The van der Waals surface area contributed by atoms with E-state index in [1.165, 1.54) is 23.3 Å². The maximum atomic E-state index is 10.6. The van der Waals surface area contributed by atoms with Crippen LogP contribution in [0.2, 0.25) is 0 Å². The van der Waals surface area contributed by atoms with Crippen molar-refractivity contribution in [3.8, 4) is 11.1 Å². The molecule has 0 aliphatic rings. The highest BCUT2D eigenvalue weighted by atomic mass is 16.6. The summed E-state index contributed by atoms with van der Waals surface area (Å²) in [4.78, 5) is 10.2. The summed E-state index contributed by atoms with van der Waals surface area (Å²) in [6.07, 6.45) is 0. The molecule has 2 aromatic rings. The largest absolute Gasteiger partial charge is 0.269 e. The maximum absolute atomic E-state index is 10.6. The Bertz CT molecular complexity index is 559. The average Bonchev–Trinajstić information content (AvgIpc) is 2.32. The maximum Gasteiger partial charge on any atom is 0.269 e. The summed E-state index contributed by atoms with van der Waals surface area (Å²) in [5.74, 6) is 0. The minimum Gasteiger partial charge on any atom is -0.258 e. The third-order valence-electron chi connectivity index (χ3n) is 2.78. The Morgan fingerprint density at radius 2 is 1.65 bits per heavy atom. The van der Waals surface area contributed by atoms with Gasteiger partial charge in [-0.25, -0.2) is 0 Å². The second kappa shape index (κ2) is 4.37. The Morgan fingerprint density at radius 1 is 1.00 bits per heavy atom. The standard InChI is InChI=1S/C14H13NO2/c1-10-3-4-11(2)14(9-10)12-5-7-13(8-6-12)15(16)17/h3-9H,1-2H3. The predicted octanol–water partition coefficient (Wildman–Crippen LogP) is 3.88. The zero-order valence-corrected chi connectivity index (χ0v) is 9.81. The molecule has 2 aromatic carbocycles. The third kappa shape index (κ3) is 2.33. The molecule has 0 aliphatic carbocycles. The number of hydrogen-bond acceptors (Lipinski definition) is 2. The summed E-state index contributed by atoms with van der Waals surface area (Å²) in [5, 5.41) is 10.6. The van der Waals surface area contributed by atoms with Crippen LogP contribution >= 0.6 is 0 Å². The van der Waals surface area contributed by atoms with Gasteiger partial charge in [0, 0.05) is 12.1 Å². The van der Waals surface area contributed by atoms with Gasteiger partial charge in [0.15, 0.2) is 0 Å². The van der Waals surface area contributed by atoms with Crippen LogP contribution in [0, 0.1) is 24.0 Å². The first-order chi connectivity index (χ1) is 8.08. The molecule has 0 unspecified atom stereocenters. The van der Waals surface area contributed by atoms with Gasteiger partial charge in [-0.1, -0.05) is 23.8 Å². The molecule has 0 fully saturated rings. The summed E-state index contributed by atoms with van der Waals surface area (Å²) in [6.45, 7) is 4.07. The van der Waals surface area contributed by atoms with Crippen molar-refractivity contribution in [3.05, 3.63) is 63.7 Å².